The Kier molecular flexibility index (Phi) is 4.03. The van der Waals surface area contributed by atoms with Crippen molar-refractivity contribution < 1.29 is 18.4 Å². The fraction of sp³-hybridized carbons (Fsp3) is 0.316. The van der Waals surface area contributed by atoms with Crippen molar-refractivity contribution in [1.29, 1.82) is 0 Å². The molecule has 2 aliphatic rings. The maximum Gasteiger partial charge on any atom is 0.259 e. The van der Waals surface area contributed by atoms with Crippen LogP contribution in [0.2, 0.25) is 0 Å². The van der Waals surface area contributed by atoms with Crippen molar-refractivity contribution in [3.8, 4) is 0 Å². The number of nitrogens with zero attached hydrogens (tertiary/aromatic N) is 1. The van der Waals surface area contributed by atoms with Gasteiger partial charge in [-0.1, -0.05) is 6.07 Å². The van der Waals surface area contributed by atoms with E-state index in [0.717, 1.165) is 38.1 Å². The third-order valence-corrected chi connectivity index (χ3v) is 5.15. The van der Waals surface area contributed by atoms with Crippen LogP contribution in [0.4, 0.5) is 14.6 Å². The molecule has 7 heteroatoms. The second kappa shape index (κ2) is 6.25. The topological polar surface area (TPSA) is 71.1 Å². The van der Waals surface area contributed by atoms with Crippen LogP contribution >= 0.6 is 0 Å². The summed E-state index contributed by atoms with van der Waals surface area (Å²) < 4.78 is 26.7. The lowest BCUT2D eigenvalue weighted by Gasteiger charge is -2.53. The van der Waals surface area contributed by atoms with E-state index in [-0.39, 0.29) is 34.2 Å². The highest BCUT2D eigenvalue weighted by molar-refractivity contribution is 6.04. The first-order valence-electron chi connectivity index (χ1n) is 8.44. The van der Waals surface area contributed by atoms with Crippen LogP contribution in [0, 0.1) is 23.0 Å². The van der Waals surface area contributed by atoms with Crippen molar-refractivity contribution in [2.75, 3.05) is 18.4 Å². The highest BCUT2D eigenvalue weighted by Crippen LogP contribution is 2.49. The Labute approximate surface area is 148 Å². The monoisotopic (exact) mass is 357 g/mol. The summed E-state index contributed by atoms with van der Waals surface area (Å²) in [7, 11) is 0. The smallest absolute Gasteiger partial charge is 0.259 e. The number of ketones is 1. The normalized spacial score (nSPS) is 18.1. The average Bonchev–Trinajstić information content (AvgIpc) is 2.52. The van der Waals surface area contributed by atoms with E-state index in [1.54, 1.807) is 12.1 Å². The molecular weight excluding hydrogens is 340 g/mol. The standard InChI is InChI=1S/C19H17F2N3O2/c20-12-4-5-13(14(21)6-12)18(26)24-16-3-1-2-15(23-16)17(25)11-7-19(8-11)9-22-10-19/h1-6,11,22H,7-10H2,(H,23,24,26). The van der Waals surface area contributed by atoms with Gasteiger partial charge in [-0.05, 0) is 42.5 Å². The highest BCUT2D eigenvalue weighted by atomic mass is 19.1. The molecule has 0 radical (unpaired) electrons. The molecule has 4 rings (SSSR count). The van der Waals surface area contributed by atoms with Crippen molar-refractivity contribution in [2.45, 2.75) is 12.8 Å². The second-order valence-corrected chi connectivity index (χ2v) is 7.06. The van der Waals surface area contributed by atoms with Gasteiger partial charge < -0.3 is 10.6 Å². The Morgan fingerprint density at radius 3 is 2.58 bits per heavy atom. The van der Waals surface area contributed by atoms with Gasteiger partial charge >= 0.3 is 0 Å². The molecule has 1 aliphatic carbocycles. The Hall–Kier alpha value is -2.67. The van der Waals surface area contributed by atoms with E-state index >= 15 is 0 Å². The summed E-state index contributed by atoms with van der Waals surface area (Å²) in [6, 6.07) is 7.47. The summed E-state index contributed by atoms with van der Waals surface area (Å²) in [4.78, 5) is 28.9. The maximum absolute atomic E-state index is 13.7. The number of amides is 1. The summed E-state index contributed by atoms with van der Waals surface area (Å²) in [5.41, 5.74) is 0.282. The molecule has 134 valence electrons. The van der Waals surface area contributed by atoms with Crippen LogP contribution in [0.15, 0.2) is 36.4 Å². The van der Waals surface area contributed by atoms with Gasteiger partial charge in [0, 0.05) is 25.1 Å². The van der Waals surface area contributed by atoms with Crippen molar-refractivity contribution in [1.82, 2.24) is 10.3 Å². The van der Waals surface area contributed by atoms with Gasteiger partial charge in [-0.2, -0.15) is 0 Å². The molecule has 1 aromatic carbocycles. The lowest BCUT2D eigenvalue weighted by molar-refractivity contribution is 0.00584. The molecule has 0 unspecified atom stereocenters. The largest absolute Gasteiger partial charge is 0.316 e. The third kappa shape index (κ3) is 2.99. The van der Waals surface area contributed by atoms with Crippen LogP contribution < -0.4 is 10.6 Å². The van der Waals surface area contributed by atoms with E-state index in [9.17, 15) is 18.4 Å². The predicted molar refractivity (Wildman–Crippen MR) is 90.9 cm³/mol. The number of anilines is 1. The van der Waals surface area contributed by atoms with E-state index in [1.807, 2.05) is 0 Å². The summed E-state index contributed by atoms with van der Waals surface area (Å²) >= 11 is 0. The molecule has 2 aromatic rings. The van der Waals surface area contributed by atoms with Crippen LogP contribution in [-0.2, 0) is 0 Å². The minimum atomic E-state index is -0.955. The summed E-state index contributed by atoms with van der Waals surface area (Å²) in [6.07, 6.45) is 1.72. The number of aromatic nitrogens is 1. The van der Waals surface area contributed by atoms with Crippen molar-refractivity contribution in [2.24, 2.45) is 11.3 Å². The van der Waals surface area contributed by atoms with Gasteiger partial charge in [-0.25, -0.2) is 13.8 Å². The van der Waals surface area contributed by atoms with E-state index in [4.69, 9.17) is 0 Å². The first-order chi connectivity index (χ1) is 12.5. The van der Waals surface area contributed by atoms with E-state index in [1.165, 1.54) is 6.07 Å². The second-order valence-electron chi connectivity index (χ2n) is 7.06. The van der Waals surface area contributed by atoms with Crippen LogP contribution in [0.25, 0.3) is 0 Å². The van der Waals surface area contributed by atoms with Gasteiger partial charge in [0.15, 0.2) is 5.78 Å². The molecule has 0 atom stereocenters. The zero-order valence-corrected chi connectivity index (χ0v) is 13.9. The Balaban J connectivity index is 1.45. The minimum Gasteiger partial charge on any atom is -0.316 e. The average molecular weight is 357 g/mol. The minimum absolute atomic E-state index is 0.0356. The third-order valence-electron chi connectivity index (χ3n) is 5.15. The molecule has 1 spiro atoms. The first-order valence-corrected chi connectivity index (χ1v) is 8.44. The summed E-state index contributed by atoms with van der Waals surface area (Å²) in [5.74, 6) is -2.38. The molecule has 2 fully saturated rings. The molecular formula is C19H17F2N3O2. The number of Topliss-reactive ketones (excluding diaryl/α,β-unsaturated/α-hetero) is 1. The van der Waals surface area contributed by atoms with Gasteiger partial charge in [-0.15, -0.1) is 0 Å². The van der Waals surface area contributed by atoms with Crippen LogP contribution in [0.5, 0.6) is 0 Å². The number of nitrogens with one attached hydrogen (secondary N) is 2. The van der Waals surface area contributed by atoms with Crippen LogP contribution in [0.3, 0.4) is 0 Å². The number of carbonyl (C=O) groups excluding carboxylic acids is 2. The van der Waals surface area contributed by atoms with Crippen molar-refractivity contribution in [3.63, 3.8) is 0 Å². The molecule has 5 nitrogen and oxygen atoms in total. The molecule has 1 saturated carbocycles. The number of rotatable bonds is 4. The van der Waals surface area contributed by atoms with Gasteiger partial charge in [0.05, 0.1) is 5.56 Å². The number of hydrogen-bond donors (Lipinski definition) is 2. The molecule has 1 saturated heterocycles. The van der Waals surface area contributed by atoms with E-state index in [2.05, 4.69) is 15.6 Å². The summed E-state index contributed by atoms with van der Waals surface area (Å²) in [5, 5.41) is 5.68. The van der Waals surface area contributed by atoms with Crippen LogP contribution in [-0.4, -0.2) is 29.8 Å². The van der Waals surface area contributed by atoms with Crippen molar-refractivity contribution in [3.05, 3.63) is 59.3 Å². The number of halogens is 2. The van der Waals surface area contributed by atoms with E-state index < -0.39 is 17.5 Å². The van der Waals surface area contributed by atoms with Gasteiger partial charge in [0.1, 0.15) is 23.1 Å². The van der Waals surface area contributed by atoms with Crippen LogP contribution in [0.1, 0.15) is 33.7 Å². The number of hydrogen-bond acceptors (Lipinski definition) is 4. The molecule has 1 amide bonds. The van der Waals surface area contributed by atoms with Gasteiger partial charge in [-0.3, -0.25) is 9.59 Å². The number of pyridine rings is 1. The molecule has 26 heavy (non-hydrogen) atoms. The zero-order valence-electron chi connectivity index (χ0n) is 13.9. The molecule has 2 heterocycles. The first kappa shape index (κ1) is 16.8. The predicted octanol–water partition coefficient (Wildman–Crippen LogP) is 2.79. The Morgan fingerprint density at radius 1 is 1.15 bits per heavy atom. The Bertz CT molecular complexity index is 888. The van der Waals surface area contributed by atoms with Gasteiger partial charge in [0.2, 0.25) is 0 Å². The van der Waals surface area contributed by atoms with Gasteiger partial charge in [0.25, 0.3) is 5.91 Å². The lowest BCUT2D eigenvalue weighted by Crippen LogP contribution is -2.61. The quantitative estimate of drug-likeness (QED) is 0.826. The maximum atomic E-state index is 13.7. The summed E-state index contributed by atoms with van der Waals surface area (Å²) in [6.45, 7) is 1.92. The Morgan fingerprint density at radius 2 is 1.92 bits per heavy atom. The zero-order chi connectivity index (χ0) is 18.3. The van der Waals surface area contributed by atoms with Crippen molar-refractivity contribution >= 4 is 17.5 Å². The SMILES string of the molecule is O=C(Nc1cccc(C(=O)C2CC3(CNC3)C2)n1)c1ccc(F)cc1F. The number of benzene rings is 1. The van der Waals surface area contributed by atoms with E-state index in [0.29, 0.717) is 6.07 Å². The fourth-order valence-corrected chi connectivity index (χ4v) is 3.65. The molecule has 1 aliphatic heterocycles. The molecule has 0 bridgehead atoms. The highest BCUT2D eigenvalue weighted by Gasteiger charge is 2.51. The number of carbonyl (C=O) groups is 2. The lowest BCUT2D eigenvalue weighted by atomic mass is 9.57. The fourth-order valence-electron chi connectivity index (χ4n) is 3.65. The molecule has 2 N–H and O–H groups in total. The molecule has 1 aromatic heterocycles.